The quantitative estimate of drug-likeness (QED) is 0.508. The van der Waals surface area contributed by atoms with E-state index in [0.29, 0.717) is 21.5 Å². The average molecular weight is 340 g/mol. The third-order valence-electron chi connectivity index (χ3n) is 2.49. The summed E-state index contributed by atoms with van der Waals surface area (Å²) in [4.78, 5) is 15.3. The van der Waals surface area contributed by atoms with E-state index in [-0.39, 0.29) is 12.4 Å². The minimum absolute atomic E-state index is 0.159. The molecule has 0 saturated heterocycles. The monoisotopic (exact) mass is 339 g/mol. The smallest absolute Gasteiger partial charge is 0.266 e. The summed E-state index contributed by atoms with van der Waals surface area (Å²) in [5.41, 5.74) is 2.97. The Morgan fingerprint density at radius 1 is 1.40 bits per heavy atom. The van der Waals surface area contributed by atoms with Gasteiger partial charge in [0.25, 0.3) is 5.91 Å². The number of nitrogen functional groups attached to an aromatic ring is 1. The van der Waals surface area contributed by atoms with E-state index < -0.39 is 5.91 Å². The van der Waals surface area contributed by atoms with Crippen molar-refractivity contribution in [1.29, 1.82) is 0 Å². The lowest BCUT2D eigenvalue weighted by atomic mass is 10.2. The van der Waals surface area contributed by atoms with E-state index in [1.54, 1.807) is 18.2 Å². The highest BCUT2D eigenvalue weighted by molar-refractivity contribution is 9.10. The summed E-state index contributed by atoms with van der Waals surface area (Å²) in [6.07, 6.45) is 1.39. The van der Waals surface area contributed by atoms with Crippen LogP contribution in [0.1, 0.15) is 16.1 Å². The Morgan fingerprint density at radius 2 is 2.20 bits per heavy atom. The third kappa shape index (κ3) is 3.52. The molecule has 1 aromatic heterocycles. The maximum absolute atomic E-state index is 13.1. The summed E-state index contributed by atoms with van der Waals surface area (Å²) in [5.74, 6) is 4.60. The van der Waals surface area contributed by atoms with Gasteiger partial charge in [-0.15, -0.1) is 0 Å². The van der Waals surface area contributed by atoms with Gasteiger partial charge in [-0.2, -0.15) is 0 Å². The zero-order valence-electron chi connectivity index (χ0n) is 10.3. The van der Waals surface area contributed by atoms with Crippen LogP contribution >= 0.6 is 15.9 Å². The number of nitrogens with zero attached hydrogens (tertiary/aromatic N) is 1. The summed E-state index contributed by atoms with van der Waals surface area (Å²) in [5, 5.41) is 0. The molecule has 2 rings (SSSR count). The first-order valence-corrected chi connectivity index (χ1v) is 6.43. The standard InChI is InChI=1S/C13H11BrFN3O2/c14-11-4-2-9(15)5-12(11)20-7-10-3-1-8(6-17-10)13(19)18-16/h1-6H,7,16H2,(H,18,19). The van der Waals surface area contributed by atoms with Crippen molar-refractivity contribution in [3.8, 4) is 5.75 Å². The number of hydrazine groups is 1. The summed E-state index contributed by atoms with van der Waals surface area (Å²) >= 11 is 3.27. The number of rotatable bonds is 4. The Kier molecular flexibility index (Phi) is 4.65. The van der Waals surface area contributed by atoms with Crippen LogP contribution in [0.3, 0.4) is 0 Å². The number of nitrogens with one attached hydrogen (secondary N) is 1. The van der Waals surface area contributed by atoms with Gasteiger partial charge in [-0.1, -0.05) is 0 Å². The molecule has 0 spiro atoms. The molecule has 0 radical (unpaired) electrons. The number of benzene rings is 1. The Labute approximate surface area is 123 Å². The normalized spacial score (nSPS) is 10.2. The molecule has 0 saturated carbocycles. The summed E-state index contributed by atoms with van der Waals surface area (Å²) in [6, 6.07) is 7.38. The molecule has 1 amide bonds. The van der Waals surface area contributed by atoms with Gasteiger partial charge in [0.2, 0.25) is 0 Å². The summed E-state index contributed by atoms with van der Waals surface area (Å²) in [7, 11) is 0. The van der Waals surface area contributed by atoms with Crippen LogP contribution in [0.15, 0.2) is 41.0 Å². The second kappa shape index (κ2) is 6.44. The highest BCUT2D eigenvalue weighted by atomic mass is 79.9. The number of amides is 1. The van der Waals surface area contributed by atoms with Crippen molar-refractivity contribution in [2.24, 2.45) is 5.84 Å². The molecule has 5 nitrogen and oxygen atoms in total. The second-order valence-corrected chi connectivity index (χ2v) is 4.73. The van der Waals surface area contributed by atoms with Gasteiger partial charge in [-0.25, -0.2) is 10.2 Å². The molecule has 0 unspecified atom stereocenters. The van der Waals surface area contributed by atoms with Gasteiger partial charge in [0, 0.05) is 12.3 Å². The number of carbonyl (C=O) groups is 1. The third-order valence-corrected chi connectivity index (χ3v) is 3.14. The molecule has 0 bridgehead atoms. The van der Waals surface area contributed by atoms with Crippen LogP contribution in [-0.4, -0.2) is 10.9 Å². The molecule has 0 fully saturated rings. The number of ether oxygens (including phenoxy) is 1. The van der Waals surface area contributed by atoms with Crippen LogP contribution < -0.4 is 16.0 Å². The Hall–Kier alpha value is -1.99. The lowest BCUT2D eigenvalue weighted by molar-refractivity contribution is 0.0953. The van der Waals surface area contributed by atoms with E-state index in [0.717, 1.165) is 0 Å². The molecule has 2 aromatic rings. The largest absolute Gasteiger partial charge is 0.486 e. The fourth-order valence-electron chi connectivity index (χ4n) is 1.47. The molecule has 3 N–H and O–H groups in total. The molecule has 0 atom stereocenters. The van der Waals surface area contributed by atoms with Crippen molar-refractivity contribution in [2.45, 2.75) is 6.61 Å². The number of hydrogen-bond donors (Lipinski definition) is 2. The van der Waals surface area contributed by atoms with E-state index in [1.165, 1.54) is 18.3 Å². The van der Waals surface area contributed by atoms with E-state index in [1.807, 2.05) is 5.43 Å². The predicted molar refractivity (Wildman–Crippen MR) is 74.3 cm³/mol. The SMILES string of the molecule is NNC(=O)c1ccc(COc2cc(F)ccc2Br)nc1. The maximum Gasteiger partial charge on any atom is 0.266 e. The number of pyridine rings is 1. The minimum atomic E-state index is -0.419. The van der Waals surface area contributed by atoms with Crippen molar-refractivity contribution in [3.63, 3.8) is 0 Å². The van der Waals surface area contributed by atoms with Gasteiger partial charge in [-0.3, -0.25) is 15.2 Å². The van der Waals surface area contributed by atoms with Gasteiger partial charge in [0.15, 0.2) is 0 Å². The Morgan fingerprint density at radius 3 is 2.85 bits per heavy atom. The Bertz CT molecular complexity index is 620. The molecule has 20 heavy (non-hydrogen) atoms. The van der Waals surface area contributed by atoms with Gasteiger partial charge in [-0.05, 0) is 40.2 Å². The van der Waals surface area contributed by atoms with Crippen molar-refractivity contribution in [2.75, 3.05) is 0 Å². The van der Waals surface area contributed by atoms with Crippen molar-refractivity contribution < 1.29 is 13.9 Å². The maximum atomic E-state index is 13.1. The van der Waals surface area contributed by atoms with E-state index in [9.17, 15) is 9.18 Å². The predicted octanol–water partition coefficient (Wildman–Crippen LogP) is 2.17. The number of hydrogen-bond acceptors (Lipinski definition) is 4. The molecule has 7 heteroatoms. The first kappa shape index (κ1) is 14.4. The molecular formula is C13H11BrFN3O2. The fourth-order valence-corrected chi connectivity index (χ4v) is 1.83. The van der Waals surface area contributed by atoms with Gasteiger partial charge >= 0.3 is 0 Å². The number of nitrogens with two attached hydrogens (primary N) is 1. The van der Waals surface area contributed by atoms with Crippen LogP contribution in [0.5, 0.6) is 5.75 Å². The molecule has 1 heterocycles. The lowest BCUT2D eigenvalue weighted by Crippen LogP contribution is -2.30. The minimum Gasteiger partial charge on any atom is -0.486 e. The first-order valence-electron chi connectivity index (χ1n) is 5.64. The van der Waals surface area contributed by atoms with Crippen LogP contribution in [0.4, 0.5) is 4.39 Å². The van der Waals surface area contributed by atoms with Crippen LogP contribution in [0, 0.1) is 5.82 Å². The van der Waals surface area contributed by atoms with Gasteiger partial charge < -0.3 is 4.74 Å². The lowest BCUT2D eigenvalue weighted by Gasteiger charge is -2.08. The van der Waals surface area contributed by atoms with E-state index in [2.05, 4.69) is 20.9 Å². The van der Waals surface area contributed by atoms with Crippen LogP contribution in [0.25, 0.3) is 0 Å². The highest BCUT2D eigenvalue weighted by Gasteiger charge is 2.06. The number of carbonyl (C=O) groups excluding carboxylic acids is 1. The van der Waals surface area contributed by atoms with Crippen molar-refractivity contribution >= 4 is 21.8 Å². The molecule has 0 aliphatic heterocycles. The van der Waals surface area contributed by atoms with Crippen molar-refractivity contribution in [1.82, 2.24) is 10.4 Å². The highest BCUT2D eigenvalue weighted by Crippen LogP contribution is 2.26. The molecule has 104 valence electrons. The van der Waals surface area contributed by atoms with E-state index >= 15 is 0 Å². The molecule has 0 aliphatic rings. The van der Waals surface area contributed by atoms with Gasteiger partial charge in [0.05, 0.1) is 15.7 Å². The van der Waals surface area contributed by atoms with Gasteiger partial charge in [0.1, 0.15) is 18.2 Å². The Balaban J connectivity index is 2.04. The summed E-state index contributed by atoms with van der Waals surface area (Å²) < 4.78 is 19.2. The first-order chi connectivity index (χ1) is 9.60. The molecular weight excluding hydrogens is 329 g/mol. The molecule has 0 aliphatic carbocycles. The zero-order valence-corrected chi connectivity index (χ0v) is 11.9. The summed E-state index contributed by atoms with van der Waals surface area (Å²) in [6.45, 7) is 0.159. The second-order valence-electron chi connectivity index (χ2n) is 3.88. The van der Waals surface area contributed by atoms with Crippen LogP contribution in [-0.2, 0) is 6.61 Å². The van der Waals surface area contributed by atoms with Crippen LogP contribution in [0.2, 0.25) is 0 Å². The van der Waals surface area contributed by atoms with E-state index in [4.69, 9.17) is 10.6 Å². The number of halogens is 2. The topological polar surface area (TPSA) is 77.2 Å². The van der Waals surface area contributed by atoms with Crippen molar-refractivity contribution in [3.05, 3.63) is 58.1 Å². The zero-order chi connectivity index (χ0) is 14.5. The number of aromatic nitrogens is 1. The molecule has 1 aromatic carbocycles. The average Bonchev–Trinajstić information content (AvgIpc) is 2.48. The fraction of sp³-hybridized carbons (Fsp3) is 0.0769.